The van der Waals surface area contributed by atoms with Gasteiger partial charge >= 0.3 is 0 Å². The lowest BCUT2D eigenvalue weighted by molar-refractivity contribution is -0.115. The highest BCUT2D eigenvalue weighted by Crippen LogP contribution is 2.30. The molecule has 0 saturated carbocycles. The number of carbonyl (C=O) groups excluding carboxylic acids is 1. The van der Waals surface area contributed by atoms with Crippen LogP contribution in [0.1, 0.15) is 5.69 Å². The fourth-order valence-corrected chi connectivity index (χ4v) is 3.72. The molecule has 1 aromatic carbocycles. The van der Waals surface area contributed by atoms with Gasteiger partial charge in [-0.2, -0.15) is 5.10 Å². The number of amides is 1. The number of anilines is 1. The van der Waals surface area contributed by atoms with Gasteiger partial charge in [-0.15, -0.1) is 11.3 Å². The van der Waals surface area contributed by atoms with Crippen molar-refractivity contribution in [2.45, 2.75) is 6.42 Å². The maximum Gasteiger partial charge on any atom is 0.230 e. The summed E-state index contributed by atoms with van der Waals surface area (Å²) in [6.07, 6.45) is 5.25. The van der Waals surface area contributed by atoms with Crippen molar-refractivity contribution in [1.29, 1.82) is 0 Å². The average Bonchev–Trinajstić information content (AvgIpc) is 3.35. The van der Waals surface area contributed by atoms with Gasteiger partial charge in [-0.05, 0) is 24.3 Å². The highest BCUT2D eigenvalue weighted by Gasteiger charge is 2.13. The quantitative estimate of drug-likeness (QED) is 0.549. The number of benzene rings is 1. The molecule has 0 radical (unpaired) electrons. The molecule has 0 aliphatic heterocycles. The molecule has 0 spiro atoms. The highest BCUT2D eigenvalue weighted by atomic mass is 35.5. The summed E-state index contributed by atoms with van der Waals surface area (Å²) >= 11 is 7.68. The van der Waals surface area contributed by atoms with E-state index < -0.39 is 0 Å². The monoisotopic (exact) mass is 395 g/mol. The zero-order chi connectivity index (χ0) is 18.6. The van der Waals surface area contributed by atoms with E-state index in [1.54, 1.807) is 41.5 Å². The molecular weight excluding hydrogens is 382 g/mol. The lowest BCUT2D eigenvalue weighted by Crippen LogP contribution is -2.16. The summed E-state index contributed by atoms with van der Waals surface area (Å²) in [7, 11) is 0. The number of halogens is 1. The van der Waals surface area contributed by atoms with Gasteiger partial charge in [-0.3, -0.25) is 4.79 Å². The first-order valence-electron chi connectivity index (χ1n) is 8.15. The maximum absolute atomic E-state index is 12.5. The smallest absolute Gasteiger partial charge is 0.230 e. The van der Waals surface area contributed by atoms with E-state index in [0.717, 1.165) is 10.6 Å². The average molecular weight is 396 g/mol. The first kappa shape index (κ1) is 17.4. The van der Waals surface area contributed by atoms with Crippen LogP contribution in [0.25, 0.3) is 16.4 Å². The van der Waals surface area contributed by atoms with E-state index in [1.165, 1.54) is 11.3 Å². The Bertz CT molecular complexity index is 1080. The molecular formula is C19H14ClN5OS. The summed E-state index contributed by atoms with van der Waals surface area (Å²) in [6.45, 7) is 0. The van der Waals surface area contributed by atoms with E-state index in [1.807, 2.05) is 29.6 Å². The Morgan fingerprint density at radius 1 is 1.15 bits per heavy atom. The molecule has 6 nitrogen and oxygen atoms in total. The summed E-state index contributed by atoms with van der Waals surface area (Å²) in [5.41, 5.74) is 2.15. The SMILES string of the molecule is O=C(Cc1csc(-c2ccccc2Cl)n1)Nc1cccnc1-n1cccn1. The summed E-state index contributed by atoms with van der Waals surface area (Å²) in [5.74, 6) is 0.387. The van der Waals surface area contributed by atoms with Gasteiger partial charge in [0.2, 0.25) is 5.91 Å². The van der Waals surface area contributed by atoms with Crippen molar-refractivity contribution in [3.63, 3.8) is 0 Å². The molecule has 0 bridgehead atoms. The Morgan fingerprint density at radius 3 is 2.85 bits per heavy atom. The second-order valence-electron chi connectivity index (χ2n) is 5.67. The number of rotatable bonds is 5. The zero-order valence-corrected chi connectivity index (χ0v) is 15.6. The van der Waals surface area contributed by atoms with Crippen molar-refractivity contribution in [2.24, 2.45) is 0 Å². The molecule has 0 atom stereocenters. The molecule has 0 aliphatic carbocycles. The molecule has 8 heteroatoms. The number of nitrogens with zero attached hydrogens (tertiary/aromatic N) is 4. The van der Waals surface area contributed by atoms with Gasteiger partial charge in [0.1, 0.15) is 5.01 Å². The van der Waals surface area contributed by atoms with Gasteiger partial charge < -0.3 is 5.32 Å². The predicted octanol–water partition coefficient (Wildman–Crippen LogP) is 4.23. The Morgan fingerprint density at radius 2 is 2.04 bits per heavy atom. The van der Waals surface area contributed by atoms with Crippen LogP contribution in [0, 0.1) is 0 Å². The number of pyridine rings is 1. The molecule has 0 saturated heterocycles. The maximum atomic E-state index is 12.5. The topological polar surface area (TPSA) is 72.7 Å². The Kier molecular flexibility index (Phi) is 4.95. The summed E-state index contributed by atoms with van der Waals surface area (Å²) in [6, 6.07) is 12.9. The van der Waals surface area contributed by atoms with Crippen LogP contribution in [0.3, 0.4) is 0 Å². The Labute approximate surface area is 164 Å². The molecule has 1 N–H and O–H groups in total. The minimum absolute atomic E-state index is 0.161. The van der Waals surface area contributed by atoms with Crippen LogP contribution < -0.4 is 5.32 Å². The predicted molar refractivity (Wildman–Crippen MR) is 106 cm³/mol. The molecule has 27 heavy (non-hydrogen) atoms. The minimum Gasteiger partial charge on any atom is -0.323 e. The largest absolute Gasteiger partial charge is 0.323 e. The van der Waals surface area contributed by atoms with Crippen LogP contribution >= 0.6 is 22.9 Å². The van der Waals surface area contributed by atoms with Crippen molar-refractivity contribution in [1.82, 2.24) is 19.7 Å². The highest BCUT2D eigenvalue weighted by molar-refractivity contribution is 7.13. The van der Waals surface area contributed by atoms with Crippen molar-refractivity contribution in [3.05, 3.63) is 77.2 Å². The fourth-order valence-electron chi connectivity index (χ4n) is 2.58. The zero-order valence-electron chi connectivity index (χ0n) is 14.0. The lowest BCUT2D eigenvalue weighted by Gasteiger charge is -2.09. The van der Waals surface area contributed by atoms with Gasteiger partial charge in [0.05, 0.1) is 22.8 Å². The van der Waals surface area contributed by atoms with Crippen molar-refractivity contribution in [3.8, 4) is 16.4 Å². The van der Waals surface area contributed by atoms with Crippen LogP contribution in [-0.2, 0) is 11.2 Å². The van der Waals surface area contributed by atoms with Crippen LogP contribution in [-0.4, -0.2) is 25.7 Å². The van der Waals surface area contributed by atoms with Gasteiger partial charge in [0.15, 0.2) is 5.82 Å². The van der Waals surface area contributed by atoms with Crippen molar-refractivity contribution in [2.75, 3.05) is 5.32 Å². The number of hydrogen-bond acceptors (Lipinski definition) is 5. The summed E-state index contributed by atoms with van der Waals surface area (Å²) < 4.78 is 1.61. The first-order valence-corrected chi connectivity index (χ1v) is 9.40. The van der Waals surface area contributed by atoms with Gasteiger partial charge in [-0.25, -0.2) is 14.6 Å². The molecule has 4 rings (SSSR count). The molecule has 0 fully saturated rings. The van der Waals surface area contributed by atoms with Crippen LogP contribution in [0.5, 0.6) is 0 Å². The third-order valence-electron chi connectivity index (χ3n) is 3.78. The van der Waals surface area contributed by atoms with Gasteiger partial charge in [-0.1, -0.05) is 29.8 Å². The lowest BCUT2D eigenvalue weighted by atomic mass is 10.2. The normalized spacial score (nSPS) is 10.7. The summed E-state index contributed by atoms with van der Waals surface area (Å²) in [5, 5.41) is 10.4. The minimum atomic E-state index is -0.174. The van der Waals surface area contributed by atoms with Crippen molar-refractivity contribution < 1.29 is 4.79 Å². The van der Waals surface area contributed by atoms with Crippen LogP contribution in [0.4, 0.5) is 5.69 Å². The molecule has 3 aromatic heterocycles. The van der Waals surface area contributed by atoms with Crippen LogP contribution in [0.15, 0.2) is 66.4 Å². The van der Waals surface area contributed by atoms with E-state index in [-0.39, 0.29) is 12.3 Å². The molecule has 134 valence electrons. The molecule has 0 aliphatic rings. The molecule has 1 amide bonds. The van der Waals surface area contributed by atoms with Gasteiger partial charge in [0, 0.05) is 29.5 Å². The number of aromatic nitrogens is 4. The van der Waals surface area contributed by atoms with E-state index >= 15 is 0 Å². The first-order chi connectivity index (χ1) is 13.2. The third-order valence-corrected chi connectivity index (χ3v) is 5.03. The van der Waals surface area contributed by atoms with E-state index in [9.17, 15) is 4.79 Å². The molecule has 3 heterocycles. The number of thiazole rings is 1. The van der Waals surface area contributed by atoms with E-state index in [4.69, 9.17) is 11.6 Å². The standard InChI is InChI=1S/C19H14ClN5OS/c20-15-6-2-1-5-14(15)19-23-13(12-27-19)11-17(26)24-16-7-3-8-21-18(16)25-10-4-9-22-25/h1-10,12H,11H2,(H,24,26). The number of hydrogen-bond donors (Lipinski definition) is 1. The number of nitrogens with one attached hydrogen (secondary N) is 1. The molecule has 4 aromatic rings. The van der Waals surface area contributed by atoms with Crippen LogP contribution in [0.2, 0.25) is 5.02 Å². The van der Waals surface area contributed by atoms with E-state index in [2.05, 4.69) is 20.4 Å². The summed E-state index contributed by atoms with van der Waals surface area (Å²) in [4.78, 5) is 21.3. The molecule has 0 unspecified atom stereocenters. The van der Waals surface area contributed by atoms with E-state index in [0.29, 0.717) is 22.2 Å². The van der Waals surface area contributed by atoms with Crippen molar-refractivity contribution >= 4 is 34.5 Å². The fraction of sp³-hybridized carbons (Fsp3) is 0.0526. The number of carbonyl (C=O) groups is 1. The Hall–Kier alpha value is -3.03. The van der Waals surface area contributed by atoms with Gasteiger partial charge in [0.25, 0.3) is 0 Å². The second-order valence-corrected chi connectivity index (χ2v) is 6.94. The Balaban J connectivity index is 1.49. The third kappa shape index (κ3) is 3.89. The second kappa shape index (κ2) is 7.69.